The lowest BCUT2D eigenvalue weighted by molar-refractivity contribution is 0.0930. The summed E-state index contributed by atoms with van der Waals surface area (Å²) in [7, 11) is 0. The Balaban J connectivity index is 1.63. The standard InChI is InChI=1S/C16H19ClN4O/c17-15-6-2-1-4-12(15)10-21-11-13(8-19-21)16(22)20-14-5-3-7-18-9-14/h1-2,4,6,8,11,14,18H,3,5,7,9-10H2,(H,20,22)/t14-/m0/s1. The third-order valence-corrected chi connectivity index (χ3v) is 4.19. The molecule has 1 aliphatic heterocycles. The zero-order valence-electron chi connectivity index (χ0n) is 12.3. The van der Waals surface area contributed by atoms with E-state index < -0.39 is 0 Å². The molecule has 3 rings (SSSR count). The minimum atomic E-state index is -0.0703. The zero-order chi connectivity index (χ0) is 15.4. The van der Waals surface area contributed by atoms with Gasteiger partial charge in [-0.2, -0.15) is 5.10 Å². The van der Waals surface area contributed by atoms with Crippen LogP contribution in [0.15, 0.2) is 36.7 Å². The van der Waals surface area contributed by atoms with E-state index in [1.165, 1.54) is 0 Å². The Bertz CT molecular complexity index is 649. The van der Waals surface area contributed by atoms with Gasteiger partial charge in [0.05, 0.1) is 18.3 Å². The molecule has 0 unspecified atom stereocenters. The maximum absolute atomic E-state index is 12.2. The number of halogens is 1. The molecule has 2 heterocycles. The van der Waals surface area contributed by atoms with E-state index in [1.807, 2.05) is 24.3 Å². The maximum Gasteiger partial charge on any atom is 0.254 e. The molecule has 22 heavy (non-hydrogen) atoms. The van der Waals surface area contributed by atoms with Gasteiger partial charge in [0.1, 0.15) is 0 Å². The Kier molecular flexibility index (Phi) is 4.75. The molecular formula is C16H19ClN4O. The Labute approximate surface area is 134 Å². The van der Waals surface area contributed by atoms with Crippen LogP contribution in [0.4, 0.5) is 0 Å². The number of nitrogens with zero attached hydrogens (tertiary/aromatic N) is 2. The monoisotopic (exact) mass is 318 g/mol. The van der Waals surface area contributed by atoms with E-state index in [0.717, 1.165) is 31.5 Å². The number of benzene rings is 1. The molecule has 1 amide bonds. The fourth-order valence-electron chi connectivity index (χ4n) is 2.61. The normalized spacial score (nSPS) is 18.1. The second kappa shape index (κ2) is 6.94. The van der Waals surface area contributed by atoms with Crippen LogP contribution < -0.4 is 10.6 Å². The zero-order valence-corrected chi connectivity index (χ0v) is 13.0. The Morgan fingerprint density at radius 3 is 3.09 bits per heavy atom. The van der Waals surface area contributed by atoms with Gasteiger partial charge in [-0.15, -0.1) is 0 Å². The van der Waals surface area contributed by atoms with Gasteiger partial charge in [-0.1, -0.05) is 29.8 Å². The first kappa shape index (κ1) is 15.1. The first-order valence-corrected chi connectivity index (χ1v) is 7.87. The molecule has 0 spiro atoms. The highest BCUT2D eigenvalue weighted by molar-refractivity contribution is 6.31. The Morgan fingerprint density at radius 1 is 1.45 bits per heavy atom. The molecule has 1 saturated heterocycles. The molecule has 116 valence electrons. The van der Waals surface area contributed by atoms with Crippen molar-refractivity contribution in [2.24, 2.45) is 0 Å². The fraction of sp³-hybridized carbons (Fsp3) is 0.375. The van der Waals surface area contributed by atoms with Gasteiger partial charge in [0.15, 0.2) is 0 Å². The van der Waals surface area contributed by atoms with Gasteiger partial charge in [-0.25, -0.2) is 0 Å². The largest absolute Gasteiger partial charge is 0.348 e. The summed E-state index contributed by atoms with van der Waals surface area (Å²) in [6.07, 6.45) is 5.47. The quantitative estimate of drug-likeness (QED) is 0.907. The number of amides is 1. The third-order valence-electron chi connectivity index (χ3n) is 3.82. The number of hydrogen-bond acceptors (Lipinski definition) is 3. The molecule has 1 aromatic heterocycles. The van der Waals surface area contributed by atoms with Crippen LogP contribution in [0.5, 0.6) is 0 Å². The number of hydrogen-bond donors (Lipinski definition) is 2. The van der Waals surface area contributed by atoms with Crippen LogP contribution in [0, 0.1) is 0 Å². The Morgan fingerprint density at radius 2 is 2.32 bits per heavy atom. The average molecular weight is 319 g/mol. The molecule has 1 fully saturated rings. The molecular weight excluding hydrogens is 300 g/mol. The topological polar surface area (TPSA) is 59.0 Å². The van der Waals surface area contributed by atoms with Gasteiger partial charge in [-0.05, 0) is 31.0 Å². The van der Waals surface area contributed by atoms with Gasteiger partial charge in [0.2, 0.25) is 0 Å². The molecule has 2 N–H and O–H groups in total. The summed E-state index contributed by atoms with van der Waals surface area (Å²) in [6, 6.07) is 7.84. The second-order valence-corrected chi connectivity index (χ2v) is 5.94. The van der Waals surface area contributed by atoms with Crippen LogP contribution in [0.2, 0.25) is 5.02 Å². The third kappa shape index (κ3) is 3.67. The summed E-state index contributed by atoms with van der Waals surface area (Å²) in [4.78, 5) is 12.2. The first-order chi connectivity index (χ1) is 10.7. The average Bonchev–Trinajstić information content (AvgIpc) is 2.99. The number of rotatable bonds is 4. The van der Waals surface area contributed by atoms with E-state index in [1.54, 1.807) is 17.1 Å². The number of carbonyl (C=O) groups is 1. The van der Waals surface area contributed by atoms with Gasteiger partial charge < -0.3 is 10.6 Å². The van der Waals surface area contributed by atoms with Crippen LogP contribution in [0.25, 0.3) is 0 Å². The second-order valence-electron chi connectivity index (χ2n) is 5.53. The van der Waals surface area contributed by atoms with Crippen LogP contribution in [0.3, 0.4) is 0 Å². The number of piperidine rings is 1. The predicted octanol–water partition coefficient (Wildman–Crippen LogP) is 2.07. The Hall–Kier alpha value is -1.85. The summed E-state index contributed by atoms with van der Waals surface area (Å²) in [5, 5.41) is 11.3. The van der Waals surface area contributed by atoms with Crippen molar-refractivity contribution in [3.63, 3.8) is 0 Å². The van der Waals surface area contributed by atoms with E-state index in [-0.39, 0.29) is 11.9 Å². The summed E-state index contributed by atoms with van der Waals surface area (Å²) in [5.74, 6) is -0.0703. The fourth-order valence-corrected chi connectivity index (χ4v) is 2.81. The number of carbonyl (C=O) groups excluding carboxylic acids is 1. The van der Waals surface area contributed by atoms with E-state index in [9.17, 15) is 4.79 Å². The number of aromatic nitrogens is 2. The molecule has 0 radical (unpaired) electrons. The van der Waals surface area contributed by atoms with Gasteiger partial charge in [-0.3, -0.25) is 9.48 Å². The van der Waals surface area contributed by atoms with Crippen molar-refractivity contribution in [3.8, 4) is 0 Å². The molecule has 5 nitrogen and oxygen atoms in total. The van der Waals surface area contributed by atoms with E-state index >= 15 is 0 Å². The molecule has 0 bridgehead atoms. The molecule has 0 aliphatic carbocycles. The van der Waals surface area contributed by atoms with Crippen molar-refractivity contribution in [1.82, 2.24) is 20.4 Å². The van der Waals surface area contributed by atoms with E-state index in [4.69, 9.17) is 11.6 Å². The van der Waals surface area contributed by atoms with Crippen molar-refractivity contribution >= 4 is 17.5 Å². The molecule has 0 saturated carbocycles. The van der Waals surface area contributed by atoms with Crippen LogP contribution >= 0.6 is 11.6 Å². The van der Waals surface area contributed by atoms with Crippen molar-refractivity contribution in [2.75, 3.05) is 13.1 Å². The lowest BCUT2D eigenvalue weighted by atomic mass is 10.1. The maximum atomic E-state index is 12.2. The highest BCUT2D eigenvalue weighted by Gasteiger charge is 2.17. The smallest absolute Gasteiger partial charge is 0.254 e. The highest BCUT2D eigenvalue weighted by Crippen LogP contribution is 2.16. The van der Waals surface area contributed by atoms with Crippen molar-refractivity contribution in [3.05, 3.63) is 52.8 Å². The number of nitrogens with one attached hydrogen (secondary N) is 2. The lowest BCUT2D eigenvalue weighted by Crippen LogP contribution is -2.45. The molecule has 2 aromatic rings. The van der Waals surface area contributed by atoms with Crippen LogP contribution in [0.1, 0.15) is 28.8 Å². The van der Waals surface area contributed by atoms with Crippen molar-refractivity contribution in [1.29, 1.82) is 0 Å². The van der Waals surface area contributed by atoms with Crippen LogP contribution in [-0.4, -0.2) is 34.8 Å². The van der Waals surface area contributed by atoms with E-state index in [2.05, 4.69) is 15.7 Å². The summed E-state index contributed by atoms with van der Waals surface area (Å²) >= 11 is 6.14. The predicted molar refractivity (Wildman–Crippen MR) is 86.1 cm³/mol. The summed E-state index contributed by atoms with van der Waals surface area (Å²) in [6.45, 7) is 2.42. The molecule has 6 heteroatoms. The molecule has 1 aliphatic rings. The van der Waals surface area contributed by atoms with Gasteiger partial charge in [0, 0.05) is 23.8 Å². The molecule has 1 aromatic carbocycles. The summed E-state index contributed by atoms with van der Waals surface area (Å²) in [5.41, 5.74) is 1.56. The molecule has 1 atom stereocenters. The van der Waals surface area contributed by atoms with Crippen molar-refractivity contribution < 1.29 is 4.79 Å². The van der Waals surface area contributed by atoms with E-state index in [0.29, 0.717) is 17.1 Å². The van der Waals surface area contributed by atoms with Crippen LogP contribution in [-0.2, 0) is 6.54 Å². The minimum absolute atomic E-state index is 0.0703. The van der Waals surface area contributed by atoms with Crippen molar-refractivity contribution in [2.45, 2.75) is 25.4 Å². The first-order valence-electron chi connectivity index (χ1n) is 7.50. The lowest BCUT2D eigenvalue weighted by Gasteiger charge is -2.23. The van der Waals surface area contributed by atoms with Gasteiger partial charge in [0.25, 0.3) is 5.91 Å². The highest BCUT2D eigenvalue weighted by atomic mass is 35.5. The van der Waals surface area contributed by atoms with Gasteiger partial charge >= 0.3 is 0 Å². The minimum Gasteiger partial charge on any atom is -0.348 e. The SMILES string of the molecule is O=C(N[C@H]1CCCNC1)c1cnn(Cc2ccccc2Cl)c1. The summed E-state index contributed by atoms with van der Waals surface area (Å²) < 4.78 is 1.73.